The molecule has 0 radical (unpaired) electrons. The Morgan fingerprint density at radius 3 is 2.78 bits per heavy atom. The second-order valence-electron chi connectivity index (χ2n) is 6.13. The SMILES string of the molecule is Cc1ccc(-n2ncc3c(NNC(=O)c4cccnc4)ncnc32)c(C)c1. The summed E-state index contributed by atoms with van der Waals surface area (Å²) in [5.74, 6) is 0.157. The van der Waals surface area contributed by atoms with Crippen molar-refractivity contribution in [2.45, 2.75) is 13.8 Å². The summed E-state index contributed by atoms with van der Waals surface area (Å²) in [4.78, 5) is 24.7. The number of pyridine rings is 1. The smallest absolute Gasteiger partial charge is 0.271 e. The van der Waals surface area contributed by atoms with Gasteiger partial charge in [0.2, 0.25) is 0 Å². The number of hydrogen-bond acceptors (Lipinski definition) is 6. The predicted molar refractivity (Wildman–Crippen MR) is 101 cm³/mol. The lowest BCUT2D eigenvalue weighted by atomic mass is 10.1. The molecule has 134 valence electrons. The van der Waals surface area contributed by atoms with Gasteiger partial charge in [0.25, 0.3) is 5.91 Å². The first kappa shape index (κ1) is 16.6. The summed E-state index contributed by atoms with van der Waals surface area (Å²) in [5.41, 5.74) is 9.78. The Bertz CT molecular complexity index is 1120. The molecule has 0 aliphatic carbocycles. The maximum absolute atomic E-state index is 12.2. The number of benzene rings is 1. The van der Waals surface area contributed by atoms with Crippen LogP contribution in [0.25, 0.3) is 16.7 Å². The molecular formula is C19H17N7O. The molecule has 0 saturated heterocycles. The number of nitrogens with one attached hydrogen (secondary N) is 2. The van der Waals surface area contributed by atoms with E-state index in [1.165, 1.54) is 18.1 Å². The molecule has 1 amide bonds. The van der Waals surface area contributed by atoms with Gasteiger partial charge >= 0.3 is 0 Å². The molecule has 3 heterocycles. The van der Waals surface area contributed by atoms with Gasteiger partial charge in [0, 0.05) is 12.4 Å². The predicted octanol–water partition coefficient (Wildman–Crippen LogP) is 2.58. The molecule has 8 nitrogen and oxygen atoms in total. The summed E-state index contributed by atoms with van der Waals surface area (Å²) < 4.78 is 1.76. The largest absolute Gasteiger partial charge is 0.281 e. The molecule has 3 aromatic heterocycles. The molecule has 2 N–H and O–H groups in total. The van der Waals surface area contributed by atoms with E-state index < -0.39 is 0 Å². The average molecular weight is 359 g/mol. The van der Waals surface area contributed by atoms with Crippen molar-refractivity contribution in [2.24, 2.45) is 0 Å². The highest BCUT2D eigenvalue weighted by atomic mass is 16.2. The van der Waals surface area contributed by atoms with E-state index in [4.69, 9.17) is 0 Å². The summed E-state index contributed by atoms with van der Waals surface area (Å²) in [7, 11) is 0. The van der Waals surface area contributed by atoms with Crippen LogP contribution in [-0.4, -0.2) is 30.6 Å². The first-order valence-corrected chi connectivity index (χ1v) is 8.36. The molecule has 1 aromatic carbocycles. The van der Waals surface area contributed by atoms with Crippen LogP contribution in [0.4, 0.5) is 5.82 Å². The van der Waals surface area contributed by atoms with Crippen molar-refractivity contribution >= 4 is 22.8 Å². The second-order valence-corrected chi connectivity index (χ2v) is 6.13. The molecule has 27 heavy (non-hydrogen) atoms. The van der Waals surface area contributed by atoms with Crippen LogP contribution in [0.1, 0.15) is 21.5 Å². The molecule has 0 unspecified atom stereocenters. The number of rotatable bonds is 4. The minimum Gasteiger partial charge on any atom is -0.281 e. The van der Waals surface area contributed by atoms with Crippen molar-refractivity contribution in [3.8, 4) is 5.69 Å². The van der Waals surface area contributed by atoms with Gasteiger partial charge in [-0.3, -0.25) is 20.6 Å². The van der Waals surface area contributed by atoms with Crippen molar-refractivity contribution in [2.75, 3.05) is 5.43 Å². The Balaban J connectivity index is 1.64. The number of hydrogen-bond donors (Lipinski definition) is 2. The van der Waals surface area contributed by atoms with Gasteiger partial charge in [-0.05, 0) is 37.6 Å². The highest BCUT2D eigenvalue weighted by Gasteiger charge is 2.13. The van der Waals surface area contributed by atoms with E-state index in [0.717, 1.165) is 11.3 Å². The van der Waals surface area contributed by atoms with Crippen molar-refractivity contribution in [1.82, 2.24) is 30.2 Å². The molecular weight excluding hydrogens is 342 g/mol. The van der Waals surface area contributed by atoms with Crippen LogP contribution < -0.4 is 10.9 Å². The number of aryl methyl sites for hydroxylation is 2. The van der Waals surface area contributed by atoms with Crippen molar-refractivity contribution in [1.29, 1.82) is 0 Å². The van der Waals surface area contributed by atoms with Gasteiger partial charge in [-0.2, -0.15) is 5.10 Å². The average Bonchev–Trinajstić information content (AvgIpc) is 3.11. The normalized spacial score (nSPS) is 10.7. The van der Waals surface area contributed by atoms with Crippen molar-refractivity contribution < 1.29 is 4.79 Å². The summed E-state index contributed by atoms with van der Waals surface area (Å²) in [6.45, 7) is 4.08. The fraction of sp³-hybridized carbons (Fsp3) is 0.105. The molecule has 0 bridgehead atoms. The van der Waals surface area contributed by atoms with E-state index in [2.05, 4.69) is 37.0 Å². The molecule has 8 heteroatoms. The first-order valence-electron chi connectivity index (χ1n) is 8.36. The number of carbonyl (C=O) groups excluding carboxylic acids is 1. The molecule has 0 fully saturated rings. The quantitative estimate of drug-likeness (QED) is 0.544. The summed E-state index contributed by atoms with van der Waals surface area (Å²) in [5, 5.41) is 5.15. The third-order valence-electron chi connectivity index (χ3n) is 4.16. The number of nitrogens with zero attached hydrogens (tertiary/aromatic N) is 5. The van der Waals surface area contributed by atoms with Crippen LogP contribution in [0, 0.1) is 13.8 Å². The fourth-order valence-electron chi connectivity index (χ4n) is 2.85. The minimum absolute atomic E-state index is 0.309. The Morgan fingerprint density at radius 2 is 2.00 bits per heavy atom. The van der Waals surface area contributed by atoms with Crippen molar-refractivity contribution in [3.63, 3.8) is 0 Å². The van der Waals surface area contributed by atoms with Gasteiger partial charge in [-0.15, -0.1) is 0 Å². The lowest BCUT2D eigenvalue weighted by Gasteiger charge is -2.09. The van der Waals surface area contributed by atoms with Crippen LogP contribution in [0.2, 0.25) is 0 Å². The first-order chi connectivity index (χ1) is 13.1. The number of fused-ring (bicyclic) bond motifs is 1. The lowest BCUT2D eigenvalue weighted by Crippen LogP contribution is -2.30. The van der Waals surface area contributed by atoms with Gasteiger partial charge < -0.3 is 0 Å². The van der Waals surface area contributed by atoms with Gasteiger partial charge in [0.05, 0.1) is 22.8 Å². The Morgan fingerprint density at radius 1 is 1.11 bits per heavy atom. The zero-order valence-electron chi connectivity index (χ0n) is 14.8. The van der Waals surface area contributed by atoms with Crippen LogP contribution in [-0.2, 0) is 0 Å². The number of amides is 1. The highest BCUT2D eigenvalue weighted by molar-refractivity contribution is 5.95. The van der Waals surface area contributed by atoms with Crippen LogP contribution in [0.3, 0.4) is 0 Å². The number of anilines is 1. The number of aromatic nitrogens is 5. The van der Waals surface area contributed by atoms with Gasteiger partial charge in [0.1, 0.15) is 6.33 Å². The van der Waals surface area contributed by atoms with E-state index in [1.807, 2.05) is 26.0 Å². The molecule has 0 aliphatic heterocycles. The van der Waals surface area contributed by atoms with Crippen molar-refractivity contribution in [3.05, 3.63) is 71.9 Å². The van der Waals surface area contributed by atoms with E-state index in [1.54, 1.807) is 29.2 Å². The summed E-state index contributed by atoms with van der Waals surface area (Å²) >= 11 is 0. The topological polar surface area (TPSA) is 97.6 Å². The molecule has 0 saturated carbocycles. The Kier molecular flexibility index (Phi) is 4.21. The van der Waals surface area contributed by atoms with Gasteiger partial charge in [-0.25, -0.2) is 14.6 Å². The molecule has 0 aliphatic rings. The number of hydrazine groups is 1. The summed E-state index contributed by atoms with van der Waals surface area (Å²) in [6.07, 6.45) is 6.21. The van der Waals surface area contributed by atoms with Crippen LogP contribution in [0.15, 0.2) is 55.2 Å². The minimum atomic E-state index is -0.309. The Labute approximate surface area is 155 Å². The van der Waals surface area contributed by atoms with E-state index in [0.29, 0.717) is 22.4 Å². The third-order valence-corrected chi connectivity index (χ3v) is 4.16. The molecule has 0 atom stereocenters. The van der Waals surface area contributed by atoms with Gasteiger partial charge in [-0.1, -0.05) is 17.7 Å². The van der Waals surface area contributed by atoms with Crippen LogP contribution in [0.5, 0.6) is 0 Å². The summed E-state index contributed by atoms with van der Waals surface area (Å²) in [6, 6.07) is 9.52. The monoisotopic (exact) mass is 359 g/mol. The second kappa shape index (κ2) is 6.83. The number of carbonyl (C=O) groups is 1. The standard InChI is InChI=1S/C19H17N7O/c1-12-5-6-16(13(2)8-12)26-18-15(10-23-26)17(21-11-22-18)24-25-19(27)14-4-3-7-20-9-14/h3-11H,1-2H3,(H,25,27)(H,21,22,24). The Hall–Kier alpha value is -3.81. The van der Waals surface area contributed by atoms with E-state index >= 15 is 0 Å². The third kappa shape index (κ3) is 3.20. The molecule has 4 aromatic rings. The highest BCUT2D eigenvalue weighted by Crippen LogP contribution is 2.23. The fourth-order valence-corrected chi connectivity index (χ4v) is 2.85. The van der Waals surface area contributed by atoms with Gasteiger partial charge in [0.15, 0.2) is 11.5 Å². The zero-order chi connectivity index (χ0) is 18.8. The zero-order valence-corrected chi connectivity index (χ0v) is 14.8. The van der Waals surface area contributed by atoms with Crippen LogP contribution >= 0.6 is 0 Å². The van der Waals surface area contributed by atoms with E-state index in [-0.39, 0.29) is 5.91 Å². The molecule has 4 rings (SSSR count). The lowest BCUT2D eigenvalue weighted by molar-refractivity contribution is 0.0962. The maximum atomic E-state index is 12.2. The maximum Gasteiger partial charge on any atom is 0.271 e. The van der Waals surface area contributed by atoms with E-state index in [9.17, 15) is 4.79 Å². The molecule has 0 spiro atoms.